The third kappa shape index (κ3) is 4.22. The topological polar surface area (TPSA) is 58.4 Å². The summed E-state index contributed by atoms with van der Waals surface area (Å²) in [7, 11) is 1.60. The summed E-state index contributed by atoms with van der Waals surface area (Å²) in [5, 5.41) is 0.723. The lowest BCUT2D eigenvalue weighted by atomic mass is 10.2. The molecule has 0 fully saturated rings. The van der Waals surface area contributed by atoms with Crippen LogP contribution in [0.3, 0.4) is 0 Å². The van der Waals surface area contributed by atoms with Crippen molar-refractivity contribution in [1.29, 1.82) is 0 Å². The quantitative estimate of drug-likeness (QED) is 0.586. The second-order valence-electron chi connectivity index (χ2n) is 7.01. The van der Waals surface area contributed by atoms with Gasteiger partial charge in [-0.2, -0.15) is 0 Å². The zero-order valence-corrected chi connectivity index (χ0v) is 18.1. The van der Waals surface area contributed by atoms with Crippen LogP contribution in [-0.4, -0.2) is 48.3 Å². The fourth-order valence-corrected chi connectivity index (χ4v) is 4.38. The van der Waals surface area contributed by atoms with Gasteiger partial charge in [-0.15, -0.1) is 0 Å². The highest BCUT2D eigenvalue weighted by Gasteiger charge is 2.20. The van der Waals surface area contributed by atoms with Gasteiger partial charge in [0.25, 0.3) is 0 Å². The average molecular weight is 421 g/mol. The standard InChI is InChI=1S/C20H25ClN4O2S/c1-5-25-19-10-9-17(28(26,27)23(2)3)12-18(19)22-20(25)14-24(4)13-15-7-6-8-16(21)11-15/h6-12H,5,13-14H2,1-4H3. The maximum Gasteiger partial charge on any atom is 0.242 e. The van der Waals surface area contributed by atoms with Crippen LogP contribution in [-0.2, 0) is 29.7 Å². The Bertz CT molecular complexity index is 1090. The van der Waals surface area contributed by atoms with Crippen molar-refractivity contribution in [1.82, 2.24) is 18.8 Å². The molecule has 8 heteroatoms. The number of aryl methyl sites for hydroxylation is 1. The lowest BCUT2D eigenvalue weighted by Crippen LogP contribution is -2.22. The molecule has 0 saturated heterocycles. The Hall–Kier alpha value is -1.93. The largest absolute Gasteiger partial charge is 0.327 e. The summed E-state index contributed by atoms with van der Waals surface area (Å²) in [6.07, 6.45) is 0. The van der Waals surface area contributed by atoms with Crippen LogP contribution >= 0.6 is 11.6 Å². The first kappa shape index (κ1) is 20.8. The minimum atomic E-state index is -3.49. The van der Waals surface area contributed by atoms with Crippen LogP contribution in [0, 0.1) is 0 Å². The first-order chi connectivity index (χ1) is 13.2. The van der Waals surface area contributed by atoms with Gasteiger partial charge in [-0.05, 0) is 49.9 Å². The van der Waals surface area contributed by atoms with Gasteiger partial charge in [-0.3, -0.25) is 4.90 Å². The SMILES string of the molecule is CCn1c(CN(C)Cc2cccc(Cl)c2)nc2cc(S(=O)(=O)N(C)C)ccc21. The van der Waals surface area contributed by atoms with Gasteiger partial charge in [0.15, 0.2) is 0 Å². The van der Waals surface area contributed by atoms with Gasteiger partial charge in [-0.1, -0.05) is 23.7 Å². The third-order valence-corrected chi connectivity index (χ3v) is 6.69. The van der Waals surface area contributed by atoms with E-state index in [-0.39, 0.29) is 4.90 Å². The monoisotopic (exact) mass is 420 g/mol. The maximum atomic E-state index is 12.4. The third-order valence-electron chi connectivity index (χ3n) is 4.65. The Kier molecular flexibility index (Phi) is 6.09. The molecule has 0 bridgehead atoms. The van der Waals surface area contributed by atoms with E-state index in [9.17, 15) is 8.42 Å². The Morgan fingerprint density at radius 3 is 2.46 bits per heavy atom. The average Bonchev–Trinajstić information content (AvgIpc) is 2.97. The van der Waals surface area contributed by atoms with E-state index >= 15 is 0 Å². The molecule has 0 radical (unpaired) electrons. The number of benzene rings is 2. The minimum Gasteiger partial charge on any atom is -0.327 e. The maximum absolute atomic E-state index is 12.4. The molecule has 3 rings (SSSR count). The summed E-state index contributed by atoms with van der Waals surface area (Å²) >= 11 is 6.08. The highest BCUT2D eigenvalue weighted by molar-refractivity contribution is 7.89. The molecule has 1 heterocycles. The highest BCUT2D eigenvalue weighted by atomic mass is 35.5. The number of fused-ring (bicyclic) bond motifs is 1. The first-order valence-corrected chi connectivity index (χ1v) is 10.9. The molecular formula is C20H25ClN4O2S. The number of hydrogen-bond donors (Lipinski definition) is 0. The molecule has 0 amide bonds. The lowest BCUT2D eigenvalue weighted by Gasteiger charge is -2.17. The van der Waals surface area contributed by atoms with Crippen LogP contribution in [0.4, 0.5) is 0 Å². The Balaban J connectivity index is 1.90. The molecule has 1 aromatic heterocycles. The van der Waals surface area contributed by atoms with Crippen molar-refractivity contribution < 1.29 is 8.42 Å². The summed E-state index contributed by atoms with van der Waals surface area (Å²) in [5.41, 5.74) is 2.76. The normalized spacial score (nSPS) is 12.4. The van der Waals surface area contributed by atoms with Crippen LogP contribution in [0.1, 0.15) is 18.3 Å². The van der Waals surface area contributed by atoms with Crippen LogP contribution in [0.2, 0.25) is 5.02 Å². The van der Waals surface area contributed by atoms with Gasteiger partial charge in [0.05, 0.1) is 22.5 Å². The molecule has 2 aromatic carbocycles. The minimum absolute atomic E-state index is 0.254. The van der Waals surface area contributed by atoms with Crippen LogP contribution in [0.25, 0.3) is 11.0 Å². The summed E-state index contributed by atoms with van der Waals surface area (Å²) < 4.78 is 28.2. The molecule has 28 heavy (non-hydrogen) atoms. The number of sulfonamides is 1. The summed E-state index contributed by atoms with van der Waals surface area (Å²) in [6, 6.07) is 12.9. The van der Waals surface area contributed by atoms with Crippen molar-refractivity contribution in [3.8, 4) is 0 Å². The molecule has 6 nitrogen and oxygen atoms in total. The van der Waals surface area contributed by atoms with Gasteiger partial charge < -0.3 is 4.57 Å². The molecule has 0 atom stereocenters. The number of halogens is 1. The van der Waals surface area contributed by atoms with Crippen molar-refractivity contribution in [3.63, 3.8) is 0 Å². The summed E-state index contributed by atoms with van der Waals surface area (Å²) in [5.74, 6) is 0.904. The molecule has 0 unspecified atom stereocenters. The first-order valence-electron chi connectivity index (χ1n) is 9.07. The van der Waals surface area contributed by atoms with Crippen molar-refractivity contribution in [2.24, 2.45) is 0 Å². The van der Waals surface area contributed by atoms with Crippen molar-refractivity contribution in [2.75, 3.05) is 21.1 Å². The van der Waals surface area contributed by atoms with E-state index < -0.39 is 10.0 Å². The van der Waals surface area contributed by atoms with Crippen molar-refractivity contribution in [2.45, 2.75) is 31.5 Å². The Morgan fingerprint density at radius 2 is 1.82 bits per heavy atom. The zero-order chi connectivity index (χ0) is 20.5. The number of rotatable bonds is 7. The Morgan fingerprint density at radius 1 is 1.07 bits per heavy atom. The predicted octanol–water partition coefficient (Wildman–Crippen LogP) is 3.59. The molecule has 0 saturated carbocycles. The molecule has 0 aliphatic heterocycles. The number of aromatic nitrogens is 2. The zero-order valence-electron chi connectivity index (χ0n) is 16.6. The van der Waals surface area contributed by atoms with Gasteiger partial charge in [0.2, 0.25) is 10.0 Å². The van der Waals surface area contributed by atoms with E-state index in [0.29, 0.717) is 12.1 Å². The molecule has 0 aliphatic carbocycles. The number of nitrogens with zero attached hydrogens (tertiary/aromatic N) is 4. The van der Waals surface area contributed by atoms with E-state index in [1.54, 1.807) is 12.1 Å². The van der Waals surface area contributed by atoms with Gasteiger partial charge in [-0.25, -0.2) is 17.7 Å². The molecule has 0 N–H and O–H groups in total. The summed E-state index contributed by atoms with van der Waals surface area (Å²) in [6.45, 7) is 4.21. The molecule has 0 aliphatic rings. The van der Waals surface area contributed by atoms with E-state index in [0.717, 1.165) is 35.0 Å². The summed E-state index contributed by atoms with van der Waals surface area (Å²) in [4.78, 5) is 7.15. The van der Waals surface area contributed by atoms with Crippen molar-refractivity contribution >= 4 is 32.7 Å². The molecule has 0 spiro atoms. The van der Waals surface area contributed by atoms with E-state index in [1.807, 2.05) is 37.4 Å². The van der Waals surface area contributed by atoms with E-state index in [2.05, 4.69) is 16.4 Å². The van der Waals surface area contributed by atoms with Gasteiger partial charge in [0, 0.05) is 32.2 Å². The van der Waals surface area contributed by atoms with E-state index in [1.165, 1.54) is 18.4 Å². The molecular weight excluding hydrogens is 396 g/mol. The molecule has 150 valence electrons. The second-order valence-corrected chi connectivity index (χ2v) is 9.60. The lowest BCUT2D eigenvalue weighted by molar-refractivity contribution is 0.306. The van der Waals surface area contributed by atoms with Crippen LogP contribution in [0.5, 0.6) is 0 Å². The Labute approximate surface area is 171 Å². The smallest absolute Gasteiger partial charge is 0.242 e. The van der Waals surface area contributed by atoms with Crippen LogP contribution in [0.15, 0.2) is 47.4 Å². The van der Waals surface area contributed by atoms with E-state index in [4.69, 9.17) is 16.6 Å². The van der Waals surface area contributed by atoms with Crippen molar-refractivity contribution in [3.05, 3.63) is 58.9 Å². The second kappa shape index (κ2) is 8.21. The fraction of sp³-hybridized carbons (Fsp3) is 0.350. The van der Waals surface area contributed by atoms with Gasteiger partial charge in [0.1, 0.15) is 5.82 Å². The highest BCUT2D eigenvalue weighted by Crippen LogP contribution is 2.23. The fourth-order valence-electron chi connectivity index (χ4n) is 3.25. The molecule has 3 aromatic rings. The number of hydrogen-bond acceptors (Lipinski definition) is 4. The predicted molar refractivity (Wildman–Crippen MR) is 113 cm³/mol. The number of imidazole rings is 1. The van der Waals surface area contributed by atoms with Gasteiger partial charge >= 0.3 is 0 Å². The van der Waals surface area contributed by atoms with Crippen LogP contribution < -0.4 is 0 Å².